The van der Waals surface area contributed by atoms with Crippen molar-refractivity contribution in [1.29, 1.82) is 0 Å². The molecule has 8 heteroatoms. The minimum atomic E-state index is -3.50. The first-order valence-corrected chi connectivity index (χ1v) is 10.9. The molecule has 0 aliphatic carbocycles. The standard InChI is InChI=1S/C18H22N2O4S2/c21-18(19-10-12-24-16-7-2-1-3-8-16)15-6-4-11-20(14-15)26(22,23)17-9-5-13-25-17/h1-3,5,7-9,13,15H,4,6,10-12,14H2,(H,19,21)/t15-/m1/s1. The van der Waals surface area contributed by atoms with Crippen molar-refractivity contribution < 1.29 is 17.9 Å². The van der Waals surface area contributed by atoms with E-state index in [2.05, 4.69) is 5.32 Å². The second-order valence-electron chi connectivity index (χ2n) is 6.09. The number of carbonyl (C=O) groups is 1. The number of thiophene rings is 1. The van der Waals surface area contributed by atoms with E-state index in [1.165, 1.54) is 15.6 Å². The predicted octanol–water partition coefficient (Wildman–Crippen LogP) is 2.34. The lowest BCUT2D eigenvalue weighted by Crippen LogP contribution is -2.45. The van der Waals surface area contributed by atoms with E-state index in [0.717, 1.165) is 5.75 Å². The molecule has 0 bridgehead atoms. The minimum Gasteiger partial charge on any atom is -0.492 e. The number of sulfonamides is 1. The van der Waals surface area contributed by atoms with Gasteiger partial charge in [-0.3, -0.25) is 4.79 Å². The number of nitrogens with one attached hydrogen (secondary N) is 1. The summed E-state index contributed by atoms with van der Waals surface area (Å²) in [5.41, 5.74) is 0. The summed E-state index contributed by atoms with van der Waals surface area (Å²) in [6.07, 6.45) is 1.38. The Labute approximate surface area is 157 Å². The third kappa shape index (κ3) is 4.63. The maximum atomic E-state index is 12.6. The molecule has 3 rings (SSSR count). The maximum absolute atomic E-state index is 12.6. The average molecular weight is 395 g/mol. The van der Waals surface area contributed by atoms with Gasteiger partial charge in [0.15, 0.2) is 0 Å². The normalized spacial score (nSPS) is 18.4. The van der Waals surface area contributed by atoms with E-state index in [9.17, 15) is 13.2 Å². The number of piperidine rings is 1. The van der Waals surface area contributed by atoms with E-state index in [1.807, 2.05) is 30.3 Å². The second kappa shape index (κ2) is 8.66. The summed E-state index contributed by atoms with van der Waals surface area (Å²) in [5.74, 6) is 0.315. The predicted molar refractivity (Wildman–Crippen MR) is 101 cm³/mol. The van der Waals surface area contributed by atoms with Gasteiger partial charge in [-0.05, 0) is 36.4 Å². The highest BCUT2D eigenvalue weighted by molar-refractivity contribution is 7.91. The molecule has 0 radical (unpaired) electrons. The van der Waals surface area contributed by atoms with Gasteiger partial charge < -0.3 is 10.1 Å². The third-order valence-corrected chi connectivity index (χ3v) is 7.50. The summed E-state index contributed by atoms with van der Waals surface area (Å²) in [4.78, 5) is 12.4. The SMILES string of the molecule is O=C(NCCOc1ccccc1)[C@@H]1CCCN(S(=O)(=O)c2cccs2)C1. The number of carbonyl (C=O) groups excluding carboxylic acids is 1. The van der Waals surface area contributed by atoms with Crippen molar-refractivity contribution in [2.75, 3.05) is 26.2 Å². The van der Waals surface area contributed by atoms with Gasteiger partial charge in [0.25, 0.3) is 10.0 Å². The molecule has 1 aromatic carbocycles. The molecule has 1 fully saturated rings. The lowest BCUT2D eigenvalue weighted by molar-refractivity contribution is -0.126. The van der Waals surface area contributed by atoms with E-state index in [-0.39, 0.29) is 18.4 Å². The summed E-state index contributed by atoms with van der Waals surface area (Å²) >= 11 is 1.20. The number of amides is 1. The first-order valence-electron chi connectivity index (χ1n) is 8.56. The molecular weight excluding hydrogens is 372 g/mol. The molecule has 26 heavy (non-hydrogen) atoms. The first-order chi connectivity index (χ1) is 12.6. The number of rotatable bonds is 7. The molecule has 1 N–H and O–H groups in total. The largest absolute Gasteiger partial charge is 0.492 e. The molecule has 1 aliphatic heterocycles. The van der Waals surface area contributed by atoms with Gasteiger partial charge >= 0.3 is 0 Å². The summed E-state index contributed by atoms with van der Waals surface area (Å²) in [5, 5.41) is 4.59. The highest BCUT2D eigenvalue weighted by Gasteiger charge is 2.33. The van der Waals surface area contributed by atoms with Gasteiger partial charge in [0.05, 0.1) is 12.5 Å². The molecule has 0 spiro atoms. The fraction of sp³-hybridized carbons (Fsp3) is 0.389. The van der Waals surface area contributed by atoms with Crippen LogP contribution in [-0.2, 0) is 14.8 Å². The highest BCUT2D eigenvalue weighted by atomic mass is 32.2. The van der Waals surface area contributed by atoms with Crippen LogP contribution in [0.2, 0.25) is 0 Å². The monoisotopic (exact) mass is 394 g/mol. The Kier molecular flexibility index (Phi) is 6.29. The molecule has 1 aromatic heterocycles. The third-order valence-electron chi connectivity index (χ3n) is 4.26. The zero-order chi connectivity index (χ0) is 18.4. The van der Waals surface area contributed by atoms with E-state index >= 15 is 0 Å². The Bertz CT molecular complexity index is 807. The van der Waals surface area contributed by atoms with Gasteiger partial charge in [0.1, 0.15) is 16.6 Å². The van der Waals surface area contributed by atoms with Gasteiger partial charge in [-0.25, -0.2) is 8.42 Å². The van der Waals surface area contributed by atoms with Crippen molar-refractivity contribution >= 4 is 27.3 Å². The Morgan fingerprint density at radius 3 is 2.77 bits per heavy atom. The summed E-state index contributed by atoms with van der Waals surface area (Å²) in [6, 6.07) is 12.7. The van der Waals surface area contributed by atoms with E-state index in [4.69, 9.17) is 4.74 Å². The molecule has 0 saturated carbocycles. The minimum absolute atomic E-state index is 0.118. The number of hydrogen-bond donors (Lipinski definition) is 1. The molecule has 2 heterocycles. The van der Waals surface area contributed by atoms with Gasteiger partial charge in [-0.15, -0.1) is 11.3 Å². The van der Waals surface area contributed by atoms with Crippen LogP contribution < -0.4 is 10.1 Å². The fourth-order valence-corrected chi connectivity index (χ4v) is 5.58. The molecule has 6 nitrogen and oxygen atoms in total. The van der Waals surface area contributed by atoms with Crippen LogP contribution in [0.25, 0.3) is 0 Å². The van der Waals surface area contributed by atoms with E-state index in [0.29, 0.717) is 36.7 Å². The van der Waals surface area contributed by atoms with Crippen molar-refractivity contribution in [2.24, 2.45) is 5.92 Å². The molecular formula is C18H22N2O4S2. The van der Waals surface area contributed by atoms with Crippen LogP contribution in [0.15, 0.2) is 52.1 Å². The molecule has 1 saturated heterocycles. The van der Waals surface area contributed by atoms with Crippen molar-refractivity contribution in [2.45, 2.75) is 17.1 Å². The van der Waals surface area contributed by atoms with Crippen LogP contribution in [0.1, 0.15) is 12.8 Å². The van der Waals surface area contributed by atoms with Gasteiger partial charge in [0, 0.05) is 13.1 Å². The average Bonchev–Trinajstić information content (AvgIpc) is 3.22. The number of para-hydroxylation sites is 1. The summed E-state index contributed by atoms with van der Waals surface area (Å²) in [6.45, 7) is 1.45. The number of nitrogens with zero attached hydrogens (tertiary/aromatic N) is 1. The fourth-order valence-electron chi connectivity index (χ4n) is 2.92. The number of ether oxygens (including phenoxy) is 1. The van der Waals surface area contributed by atoms with E-state index < -0.39 is 10.0 Å². The first kappa shape index (κ1) is 18.9. The van der Waals surface area contributed by atoms with Gasteiger partial charge in [-0.1, -0.05) is 24.3 Å². The Hall–Kier alpha value is -1.90. The zero-order valence-corrected chi connectivity index (χ0v) is 16.0. The van der Waals surface area contributed by atoms with Crippen molar-refractivity contribution in [1.82, 2.24) is 9.62 Å². The maximum Gasteiger partial charge on any atom is 0.252 e. The smallest absolute Gasteiger partial charge is 0.252 e. The Morgan fingerprint density at radius 2 is 2.04 bits per heavy atom. The molecule has 2 aromatic rings. The lowest BCUT2D eigenvalue weighted by Gasteiger charge is -2.30. The quantitative estimate of drug-likeness (QED) is 0.732. The van der Waals surface area contributed by atoms with Crippen LogP contribution in [0.4, 0.5) is 0 Å². The van der Waals surface area contributed by atoms with Crippen molar-refractivity contribution in [3.05, 3.63) is 47.8 Å². The summed E-state index contributed by atoms with van der Waals surface area (Å²) < 4.78 is 32.5. The highest BCUT2D eigenvalue weighted by Crippen LogP contribution is 2.26. The Balaban J connectivity index is 1.49. The lowest BCUT2D eigenvalue weighted by atomic mass is 9.99. The van der Waals surface area contributed by atoms with Crippen LogP contribution in [0, 0.1) is 5.92 Å². The number of benzene rings is 1. The topological polar surface area (TPSA) is 75.7 Å². The van der Waals surface area contributed by atoms with Crippen molar-refractivity contribution in [3.63, 3.8) is 0 Å². The van der Waals surface area contributed by atoms with Gasteiger partial charge in [0.2, 0.25) is 5.91 Å². The van der Waals surface area contributed by atoms with E-state index in [1.54, 1.807) is 17.5 Å². The van der Waals surface area contributed by atoms with Crippen molar-refractivity contribution in [3.8, 4) is 5.75 Å². The molecule has 1 atom stereocenters. The zero-order valence-electron chi connectivity index (χ0n) is 14.3. The van der Waals surface area contributed by atoms with Gasteiger partial charge in [-0.2, -0.15) is 4.31 Å². The molecule has 1 amide bonds. The van der Waals surface area contributed by atoms with Crippen LogP contribution in [0.5, 0.6) is 5.75 Å². The second-order valence-corrected chi connectivity index (χ2v) is 9.20. The molecule has 140 valence electrons. The van der Waals surface area contributed by atoms with Crippen LogP contribution in [-0.4, -0.2) is 44.9 Å². The summed E-state index contributed by atoms with van der Waals surface area (Å²) in [7, 11) is -3.50. The molecule has 0 unspecified atom stereocenters. The Morgan fingerprint density at radius 1 is 1.23 bits per heavy atom. The van der Waals surface area contributed by atoms with Crippen LogP contribution in [0.3, 0.4) is 0 Å². The number of hydrogen-bond acceptors (Lipinski definition) is 5. The van der Waals surface area contributed by atoms with Crippen LogP contribution >= 0.6 is 11.3 Å². The molecule has 1 aliphatic rings.